The summed E-state index contributed by atoms with van der Waals surface area (Å²) in [6, 6.07) is 13.6. The summed E-state index contributed by atoms with van der Waals surface area (Å²) >= 11 is 3.14. The van der Waals surface area contributed by atoms with Crippen LogP contribution in [-0.2, 0) is 41.4 Å². The van der Waals surface area contributed by atoms with Crippen molar-refractivity contribution >= 4 is 109 Å². The van der Waals surface area contributed by atoms with E-state index < -0.39 is 101 Å². The maximum Gasteiger partial charge on any atom is 0.315 e. The number of nitrogens with one attached hydrogen (secondary N) is 2. The molecule has 54 heavy (non-hydrogen) atoms. The van der Waals surface area contributed by atoms with Crippen molar-refractivity contribution < 1.29 is 57.2 Å². The third-order valence-corrected chi connectivity index (χ3v) is 10.9. The van der Waals surface area contributed by atoms with Gasteiger partial charge in [-0.05, 0) is 60.0 Å². The van der Waals surface area contributed by atoms with E-state index in [-0.39, 0.29) is 22.4 Å². The molecule has 0 aliphatic rings. The van der Waals surface area contributed by atoms with Crippen LogP contribution in [0.25, 0.3) is 21.5 Å². The minimum absolute atomic E-state index is 0.322. The summed E-state index contributed by atoms with van der Waals surface area (Å²) in [4.78, 5) is 7.81. The van der Waals surface area contributed by atoms with Crippen LogP contribution in [0.1, 0.15) is 0 Å². The van der Waals surface area contributed by atoms with Crippen molar-refractivity contribution in [1.82, 2.24) is 15.0 Å². The number of hydrogen-bond acceptors (Lipinski definition) is 15. The van der Waals surface area contributed by atoms with Crippen LogP contribution in [0.3, 0.4) is 0 Å². The summed E-state index contributed by atoms with van der Waals surface area (Å²) in [5, 5.41) is 23.0. The van der Waals surface area contributed by atoms with E-state index in [2.05, 4.69) is 35.8 Å². The molecule has 1 heterocycles. The van der Waals surface area contributed by atoms with Crippen LogP contribution < -0.4 is 10.6 Å². The molecular weight excluding hydrogens is 821 g/mol. The maximum absolute atomic E-state index is 14.6. The van der Waals surface area contributed by atoms with E-state index in [1.54, 1.807) is 0 Å². The van der Waals surface area contributed by atoms with Crippen molar-refractivity contribution in [2.75, 3.05) is 10.6 Å². The first-order valence-electron chi connectivity index (χ1n) is 14.3. The maximum atomic E-state index is 14.6. The van der Waals surface area contributed by atoms with Crippen molar-refractivity contribution in [3.8, 4) is 5.75 Å². The summed E-state index contributed by atoms with van der Waals surface area (Å²) in [5.41, 5.74) is -1.74. The number of rotatable bonds is 10. The van der Waals surface area contributed by atoms with Crippen LogP contribution >= 0.6 is 11.6 Å². The zero-order valence-electron chi connectivity index (χ0n) is 26.1. The largest absolute Gasteiger partial charge is 0.505 e. The van der Waals surface area contributed by atoms with Gasteiger partial charge in [-0.1, -0.05) is 29.8 Å². The van der Waals surface area contributed by atoms with E-state index in [0.717, 1.165) is 42.5 Å². The minimum Gasteiger partial charge on any atom is -0.505 e. The number of azo groups is 1. The van der Waals surface area contributed by atoms with E-state index >= 15 is 0 Å². The molecule has 0 saturated carbocycles. The van der Waals surface area contributed by atoms with Gasteiger partial charge < -0.3 is 20.3 Å². The Morgan fingerprint density at radius 2 is 1.39 bits per heavy atom. The predicted octanol–water partition coefficient (Wildman–Crippen LogP) is 5.90. The van der Waals surface area contributed by atoms with Gasteiger partial charge in [0.05, 0.1) is 10.6 Å². The van der Waals surface area contributed by atoms with E-state index in [4.69, 9.17) is 11.6 Å². The van der Waals surface area contributed by atoms with Gasteiger partial charge in [0.15, 0.2) is 16.8 Å². The fourth-order valence-corrected chi connectivity index (χ4v) is 7.93. The zero-order valence-corrected chi connectivity index (χ0v) is 30.2. The van der Waals surface area contributed by atoms with Crippen LogP contribution in [-0.4, -0.2) is 67.7 Å². The first-order chi connectivity index (χ1) is 25.2. The van der Waals surface area contributed by atoms with E-state index in [1.807, 2.05) is 0 Å². The van der Waals surface area contributed by atoms with E-state index in [0.29, 0.717) is 16.8 Å². The van der Waals surface area contributed by atoms with Crippen LogP contribution in [0.5, 0.6) is 5.75 Å². The van der Waals surface area contributed by atoms with Gasteiger partial charge in [0, 0.05) is 26.9 Å². The number of halogens is 2. The molecule has 6 aromatic rings. The Bertz CT molecular complexity index is 2940. The van der Waals surface area contributed by atoms with Gasteiger partial charge in [-0.3, -0.25) is 13.7 Å². The van der Waals surface area contributed by atoms with Crippen molar-refractivity contribution in [3.63, 3.8) is 0 Å². The molecule has 6 rings (SSSR count). The number of nitrogens with zero attached hydrogens (tertiary/aromatic N) is 5. The highest BCUT2D eigenvalue weighted by Gasteiger charge is 2.27. The van der Waals surface area contributed by atoms with Crippen molar-refractivity contribution in [2.45, 2.75) is 19.6 Å². The number of aromatic nitrogens is 3. The lowest BCUT2D eigenvalue weighted by Crippen LogP contribution is -2.07. The molecule has 0 fully saturated rings. The highest BCUT2D eigenvalue weighted by atomic mass is 35.5. The highest BCUT2D eigenvalue weighted by Crippen LogP contribution is 2.46. The third-order valence-electron chi connectivity index (χ3n) is 7.30. The predicted molar refractivity (Wildman–Crippen MR) is 190 cm³/mol. The van der Waals surface area contributed by atoms with Gasteiger partial charge in [-0.15, -0.1) is 10.2 Å². The molecule has 7 N–H and O–H groups in total. The lowest BCUT2D eigenvalue weighted by Gasteiger charge is -2.15. The van der Waals surface area contributed by atoms with Crippen LogP contribution in [0.15, 0.2) is 103 Å². The molecule has 0 aliphatic heterocycles. The molecule has 1 atom stereocenters. The number of aromatic hydroxyl groups is 1. The Morgan fingerprint density at radius 3 is 2.00 bits per heavy atom. The second kappa shape index (κ2) is 14.2. The van der Waals surface area contributed by atoms with Gasteiger partial charge in [0.2, 0.25) is 11.9 Å². The highest BCUT2D eigenvalue weighted by molar-refractivity contribution is 7.86. The monoisotopic (exact) mass is 839 g/mol. The number of benzene rings is 5. The first kappa shape index (κ1) is 38.4. The van der Waals surface area contributed by atoms with Gasteiger partial charge in [-0.2, -0.15) is 44.6 Å². The van der Waals surface area contributed by atoms with Crippen LogP contribution in [0, 0.1) is 6.08 Å². The molecule has 0 bridgehead atoms. The third kappa shape index (κ3) is 7.96. The number of phenolic OH excluding ortho intramolecular Hbond substituents is 1. The van der Waals surface area contributed by atoms with Crippen LogP contribution in [0.2, 0.25) is 5.02 Å². The Balaban J connectivity index is 1.55. The summed E-state index contributed by atoms with van der Waals surface area (Å²) in [5.74, 6) is -1.97. The molecule has 0 radical (unpaired) electrons. The number of phenols is 1. The van der Waals surface area contributed by atoms with Gasteiger partial charge in [0.1, 0.15) is 26.1 Å². The Morgan fingerprint density at radius 1 is 0.741 bits per heavy atom. The number of anilines is 4. The average Bonchev–Trinajstić information content (AvgIpc) is 3.06. The van der Waals surface area contributed by atoms with Gasteiger partial charge >= 0.3 is 6.08 Å². The quantitative estimate of drug-likeness (QED) is 0.0480. The summed E-state index contributed by atoms with van der Waals surface area (Å²) in [7, 11) is -15.5. The number of fused-ring (bicyclic) bond motifs is 2. The molecule has 0 saturated heterocycles. The first-order valence-corrected chi connectivity index (χ1v) is 20.1. The van der Waals surface area contributed by atoms with Crippen molar-refractivity contribution in [3.05, 3.63) is 83.9 Å². The Labute approximate surface area is 310 Å². The molecule has 280 valence electrons. The van der Waals surface area contributed by atoms with E-state index in [9.17, 15) is 57.2 Å². The molecule has 1 aromatic heterocycles. The lowest BCUT2D eigenvalue weighted by atomic mass is 10.1. The lowest BCUT2D eigenvalue weighted by molar-refractivity contribution is 0.472. The van der Waals surface area contributed by atoms with Gasteiger partial charge in [-0.25, -0.2) is 4.21 Å². The number of hydrogen-bond donors (Lipinski definition) is 7. The molecule has 19 nitrogen and oxygen atoms in total. The smallest absolute Gasteiger partial charge is 0.315 e. The molecule has 0 aliphatic carbocycles. The summed E-state index contributed by atoms with van der Waals surface area (Å²) < 4.78 is 140. The second-order valence-corrected chi connectivity index (χ2v) is 16.3. The second-order valence-electron chi connectivity index (χ2n) is 10.8. The van der Waals surface area contributed by atoms with Gasteiger partial charge in [0.25, 0.3) is 30.4 Å². The fraction of sp³-hybridized carbons (Fsp3) is 0. The molecule has 0 spiro atoms. The van der Waals surface area contributed by atoms with Crippen molar-refractivity contribution in [1.29, 1.82) is 0 Å². The standard InChI is InChI=1S/C29H19ClFN7O12S4/c30-14-4-6-15(7-5-14)32-28-34-27(31)35-29(36-28)33-20-12-16(51(40)41)10-13-11-22(53(45,46)47)24(25(39)23(13)20)38-37-19-9-8-17-18(26(19)54(48,49)50)2-1-3-21(17)52(42,43)44/h1-12,39H,(H,40,41)(H,42,43,44)(H,45,46,47)(H,48,49,50)(H2,32,33,34,35,36)/b38-37+. The topological polar surface area (TPSA) is 308 Å². The molecule has 5 aromatic carbocycles. The molecule has 0 amide bonds. The summed E-state index contributed by atoms with van der Waals surface area (Å²) in [6.07, 6.45) is -1.31. The van der Waals surface area contributed by atoms with E-state index in [1.165, 1.54) is 24.3 Å². The average molecular weight is 840 g/mol. The molecule has 25 heteroatoms. The zero-order chi connectivity index (χ0) is 39.3. The molecule has 1 unspecified atom stereocenters. The minimum atomic E-state index is -5.33. The van der Waals surface area contributed by atoms with Crippen LogP contribution in [0.4, 0.5) is 39.0 Å². The SMILES string of the molecule is O=S(O)c1cc(Nc2nc(F)nc(Nc3ccc(Cl)cc3)n2)c2c(O)c(/N=N/c3ccc4c(S(=O)(=O)O)cccc4c3S(=O)(=O)O)c(S(=O)(=O)O)cc2c1. The normalized spacial score (nSPS) is 13.1. The Kier molecular flexibility index (Phi) is 10.1. The Hall–Kier alpha value is -5.31. The summed E-state index contributed by atoms with van der Waals surface area (Å²) in [6.45, 7) is 0. The van der Waals surface area contributed by atoms with Crippen molar-refractivity contribution in [2.24, 2.45) is 10.2 Å². The fourth-order valence-electron chi connectivity index (χ4n) is 5.17. The molecular formula is C29H19ClFN7O12S4.